The Bertz CT molecular complexity index is 926. The van der Waals surface area contributed by atoms with Gasteiger partial charge >= 0.3 is 0 Å². The van der Waals surface area contributed by atoms with Crippen LogP contribution in [0.1, 0.15) is 38.2 Å². The third-order valence-corrected chi connectivity index (χ3v) is 7.08. The molecule has 2 aromatic carbocycles. The van der Waals surface area contributed by atoms with Gasteiger partial charge in [0.1, 0.15) is 12.4 Å². The second-order valence-electron chi connectivity index (χ2n) is 8.20. The zero-order chi connectivity index (χ0) is 21.6. The van der Waals surface area contributed by atoms with Crippen molar-refractivity contribution in [2.75, 3.05) is 11.9 Å². The average molecular weight is 435 g/mol. The van der Waals surface area contributed by atoms with Crippen LogP contribution in [0, 0.1) is 5.92 Å². The second kappa shape index (κ2) is 10.1. The quantitative estimate of drug-likeness (QED) is 0.420. The Hall–Kier alpha value is -2.66. The fourth-order valence-corrected chi connectivity index (χ4v) is 5.55. The van der Waals surface area contributed by atoms with E-state index in [-0.39, 0.29) is 17.4 Å². The lowest BCUT2D eigenvalue weighted by atomic mass is 9.85. The molecule has 1 saturated carbocycles. The van der Waals surface area contributed by atoms with Crippen molar-refractivity contribution in [2.45, 2.75) is 44.1 Å². The molecule has 2 fully saturated rings. The lowest BCUT2D eigenvalue weighted by molar-refractivity contribution is -0.129. The van der Waals surface area contributed by atoms with Gasteiger partial charge in [0.25, 0.3) is 5.91 Å². The van der Waals surface area contributed by atoms with Crippen LogP contribution < -0.4 is 10.1 Å². The van der Waals surface area contributed by atoms with Gasteiger partial charge in [-0.2, -0.15) is 0 Å². The molecular weight excluding hydrogens is 404 g/mol. The third-order valence-electron chi connectivity index (χ3n) is 5.97. The molecule has 2 aliphatic rings. The zero-order valence-corrected chi connectivity index (χ0v) is 18.8. The molecule has 1 aliphatic heterocycles. The van der Waals surface area contributed by atoms with E-state index in [1.807, 2.05) is 48.5 Å². The van der Waals surface area contributed by atoms with Crippen LogP contribution in [0.25, 0.3) is 6.08 Å². The molecular formula is C26H30N2O2S. The van der Waals surface area contributed by atoms with E-state index in [2.05, 4.69) is 35.9 Å². The van der Waals surface area contributed by atoms with Crippen LogP contribution in [0.5, 0.6) is 5.75 Å². The summed E-state index contributed by atoms with van der Waals surface area (Å²) in [5.74, 6) is 1.44. The predicted octanol–water partition coefficient (Wildman–Crippen LogP) is 6.14. The van der Waals surface area contributed by atoms with Crippen LogP contribution in [0.3, 0.4) is 0 Å². The van der Waals surface area contributed by atoms with Crippen molar-refractivity contribution < 1.29 is 9.53 Å². The Balaban J connectivity index is 1.58. The van der Waals surface area contributed by atoms with E-state index in [9.17, 15) is 4.79 Å². The van der Waals surface area contributed by atoms with Gasteiger partial charge in [0.15, 0.2) is 5.50 Å². The number of thioether (sulfide) groups is 1. The Morgan fingerprint density at radius 1 is 1.13 bits per heavy atom. The molecule has 1 amide bonds. The van der Waals surface area contributed by atoms with Gasteiger partial charge in [0, 0.05) is 11.7 Å². The molecule has 5 heteroatoms. The summed E-state index contributed by atoms with van der Waals surface area (Å²) in [6, 6.07) is 18.3. The molecule has 1 heterocycles. The number of ether oxygens (including phenoxy) is 1. The summed E-state index contributed by atoms with van der Waals surface area (Å²) in [4.78, 5) is 16.4. The van der Waals surface area contributed by atoms with Gasteiger partial charge < -0.3 is 15.0 Å². The zero-order valence-electron chi connectivity index (χ0n) is 18.0. The standard InChI is InChI=1S/C26H30N2O2S/c1-3-17-30-22-15-13-20(14-16-22)18-24-25(29)28(23-12-8-7-9-19(23)2)26(31-24)27-21-10-5-4-6-11-21/h3-6,10-11,13-16,18-19,23,26-27H,1,7-9,12,17H2,2H3/b24-18-/t19-,23+,26?/m1/s1. The van der Waals surface area contributed by atoms with Gasteiger partial charge in [-0.3, -0.25) is 4.79 Å². The fourth-order valence-electron chi connectivity index (χ4n) is 4.33. The van der Waals surface area contributed by atoms with Crippen LogP contribution in [0.15, 0.2) is 72.2 Å². The fraction of sp³-hybridized carbons (Fsp3) is 0.346. The largest absolute Gasteiger partial charge is 0.490 e. The molecule has 0 radical (unpaired) electrons. The molecule has 1 aliphatic carbocycles. The minimum Gasteiger partial charge on any atom is -0.490 e. The van der Waals surface area contributed by atoms with Gasteiger partial charge in [-0.1, -0.05) is 74.5 Å². The van der Waals surface area contributed by atoms with Crippen molar-refractivity contribution in [1.29, 1.82) is 0 Å². The summed E-state index contributed by atoms with van der Waals surface area (Å²) in [7, 11) is 0. The van der Waals surface area contributed by atoms with Crippen molar-refractivity contribution in [1.82, 2.24) is 4.90 Å². The highest BCUT2D eigenvalue weighted by Gasteiger charge is 2.42. The average Bonchev–Trinajstić information content (AvgIpc) is 3.09. The van der Waals surface area contributed by atoms with E-state index >= 15 is 0 Å². The smallest absolute Gasteiger partial charge is 0.262 e. The number of benzene rings is 2. The molecule has 162 valence electrons. The number of carbonyl (C=O) groups excluding carboxylic acids is 1. The van der Waals surface area contributed by atoms with E-state index in [0.29, 0.717) is 12.5 Å². The number of para-hydroxylation sites is 1. The number of hydrogen-bond donors (Lipinski definition) is 1. The maximum atomic E-state index is 13.5. The topological polar surface area (TPSA) is 41.6 Å². The summed E-state index contributed by atoms with van der Waals surface area (Å²) >= 11 is 1.61. The number of anilines is 1. The highest BCUT2D eigenvalue weighted by atomic mass is 32.2. The summed E-state index contributed by atoms with van der Waals surface area (Å²) in [5.41, 5.74) is 1.94. The monoisotopic (exact) mass is 434 g/mol. The van der Waals surface area contributed by atoms with E-state index in [1.165, 1.54) is 19.3 Å². The SMILES string of the molecule is C=CCOc1ccc(/C=C2\SC(Nc3ccccc3)N([C@H]3CCCC[C@H]3C)C2=O)cc1. The number of rotatable bonds is 7. The maximum absolute atomic E-state index is 13.5. The van der Waals surface area contributed by atoms with Crippen molar-refractivity contribution in [3.63, 3.8) is 0 Å². The highest BCUT2D eigenvalue weighted by Crippen LogP contribution is 2.42. The molecule has 0 bridgehead atoms. The van der Waals surface area contributed by atoms with E-state index in [0.717, 1.165) is 28.3 Å². The van der Waals surface area contributed by atoms with Gasteiger partial charge in [0.2, 0.25) is 0 Å². The number of carbonyl (C=O) groups is 1. The van der Waals surface area contributed by atoms with E-state index < -0.39 is 0 Å². The van der Waals surface area contributed by atoms with Crippen LogP contribution >= 0.6 is 11.8 Å². The third kappa shape index (κ3) is 5.16. The first-order chi connectivity index (χ1) is 15.2. The molecule has 1 saturated heterocycles. The first-order valence-electron chi connectivity index (χ1n) is 11.0. The molecule has 1 N–H and O–H groups in total. The van der Waals surface area contributed by atoms with Crippen LogP contribution in [0.4, 0.5) is 5.69 Å². The van der Waals surface area contributed by atoms with Gasteiger partial charge in [0.05, 0.1) is 4.91 Å². The summed E-state index contributed by atoms with van der Waals surface area (Å²) in [5, 5.41) is 3.59. The molecule has 31 heavy (non-hydrogen) atoms. The van der Waals surface area contributed by atoms with Crippen LogP contribution in [0.2, 0.25) is 0 Å². The first kappa shape index (κ1) is 21.6. The molecule has 4 rings (SSSR count). The van der Waals surface area contributed by atoms with Gasteiger partial charge in [-0.15, -0.1) is 0 Å². The Morgan fingerprint density at radius 3 is 2.58 bits per heavy atom. The lowest BCUT2D eigenvalue weighted by Crippen LogP contribution is -2.48. The van der Waals surface area contributed by atoms with E-state index in [4.69, 9.17) is 4.74 Å². The minimum absolute atomic E-state index is 0.0955. The molecule has 1 unspecified atom stereocenters. The molecule has 2 aromatic rings. The Morgan fingerprint density at radius 2 is 1.87 bits per heavy atom. The van der Waals surface area contributed by atoms with Crippen LogP contribution in [-0.2, 0) is 4.79 Å². The van der Waals surface area contributed by atoms with Crippen molar-refractivity contribution >= 4 is 29.4 Å². The Kier molecular flexibility index (Phi) is 7.03. The summed E-state index contributed by atoms with van der Waals surface area (Å²) in [6.45, 7) is 6.44. The Labute approximate surface area is 189 Å². The summed E-state index contributed by atoms with van der Waals surface area (Å²) < 4.78 is 5.56. The van der Waals surface area contributed by atoms with Crippen molar-refractivity contribution in [3.8, 4) is 5.75 Å². The molecule has 3 atom stereocenters. The summed E-state index contributed by atoms with van der Waals surface area (Å²) in [6.07, 6.45) is 8.42. The number of amides is 1. The molecule has 0 spiro atoms. The van der Waals surface area contributed by atoms with E-state index in [1.54, 1.807) is 17.8 Å². The van der Waals surface area contributed by atoms with Crippen molar-refractivity contribution in [2.24, 2.45) is 5.92 Å². The number of nitrogens with zero attached hydrogens (tertiary/aromatic N) is 1. The molecule has 0 aromatic heterocycles. The lowest BCUT2D eigenvalue weighted by Gasteiger charge is -2.39. The normalized spacial score (nSPS) is 24.9. The first-order valence-corrected chi connectivity index (χ1v) is 11.9. The van der Waals surface area contributed by atoms with Crippen LogP contribution in [-0.4, -0.2) is 29.0 Å². The number of nitrogens with one attached hydrogen (secondary N) is 1. The van der Waals surface area contributed by atoms with Crippen molar-refractivity contribution in [3.05, 3.63) is 77.7 Å². The van der Waals surface area contributed by atoms with Gasteiger partial charge in [-0.05, 0) is 54.7 Å². The maximum Gasteiger partial charge on any atom is 0.262 e. The number of hydrogen-bond acceptors (Lipinski definition) is 4. The minimum atomic E-state index is -0.0955. The van der Waals surface area contributed by atoms with Gasteiger partial charge in [-0.25, -0.2) is 0 Å². The second-order valence-corrected chi connectivity index (χ2v) is 9.32. The predicted molar refractivity (Wildman–Crippen MR) is 130 cm³/mol. The highest BCUT2D eigenvalue weighted by molar-refractivity contribution is 8.05. The molecule has 4 nitrogen and oxygen atoms in total.